The maximum absolute atomic E-state index is 11.6. The molecular weight excluding hydrogens is 194 g/mol. The molecule has 0 saturated carbocycles. The molecule has 2 amide bonds. The molecule has 0 radical (unpaired) electrons. The fourth-order valence-corrected chi connectivity index (χ4v) is 1.45. The Bertz CT molecular complexity index is 306. The summed E-state index contributed by atoms with van der Waals surface area (Å²) in [6.45, 7) is 4.21. The molecule has 1 unspecified atom stereocenters. The Labute approximate surface area is 89.0 Å². The van der Waals surface area contributed by atoms with Crippen molar-refractivity contribution < 1.29 is 9.59 Å². The molecule has 1 aliphatic heterocycles. The first-order valence-corrected chi connectivity index (χ1v) is 5.02. The molecule has 1 saturated heterocycles. The number of likely N-dealkylation sites (tertiary alicyclic amines) is 1. The lowest BCUT2D eigenvalue weighted by Crippen LogP contribution is -2.43. The van der Waals surface area contributed by atoms with E-state index < -0.39 is 6.04 Å². The van der Waals surface area contributed by atoms with Crippen molar-refractivity contribution in [2.75, 3.05) is 13.1 Å². The minimum absolute atomic E-state index is 0.104. The SMILES string of the molecule is CC(C)C(=O)NC1CCN(CC#N)C1=O. The topological polar surface area (TPSA) is 73.2 Å². The molecule has 0 aliphatic carbocycles. The van der Waals surface area contributed by atoms with Gasteiger partial charge in [-0.05, 0) is 6.42 Å². The van der Waals surface area contributed by atoms with Gasteiger partial charge in [-0.15, -0.1) is 0 Å². The van der Waals surface area contributed by atoms with Crippen molar-refractivity contribution in [1.29, 1.82) is 5.26 Å². The third kappa shape index (κ3) is 2.69. The molecule has 0 aromatic carbocycles. The van der Waals surface area contributed by atoms with Crippen LogP contribution in [0.1, 0.15) is 20.3 Å². The standard InChI is InChI=1S/C10H15N3O2/c1-7(2)9(14)12-8-3-5-13(6-4-11)10(8)15/h7-8H,3,5-6H2,1-2H3,(H,12,14). The van der Waals surface area contributed by atoms with Gasteiger partial charge in [-0.25, -0.2) is 0 Å². The van der Waals surface area contributed by atoms with Crippen molar-refractivity contribution in [2.45, 2.75) is 26.3 Å². The molecular formula is C10H15N3O2. The van der Waals surface area contributed by atoms with Crippen LogP contribution in [0, 0.1) is 17.2 Å². The number of nitrogens with one attached hydrogen (secondary N) is 1. The molecule has 15 heavy (non-hydrogen) atoms. The summed E-state index contributed by atoms with van der Waals surface area (Å²) in [6, 6.07) is 1.49. The van der Waals surface area contributed by atoms with Gasteiger partial charge in [-0.2, -0.15) is 5.26 Å². The van der Waals surface area contributed by atoms with Crippen LogP contribution in [-0.4, -0.2) is 35.8 Å². The Kier molecular flexibility index (Phi) is 3.67. The van der Waals surface area contributed by atoms with Crippen molar-refractivity contribution in [3.8, 4) is 6.07 Å². The molecule has 0 bridgehead atoms. The highest BCUT2D eigenvalue weighted by molar-refractivity contribution is 5.89. The van der Waals surface area contributed by atoms with E-state index in [1.165, 1.54) is 4.90 Å². The lowest BCUT2D eigenvalue weighted by molar-refractivity contribution is -0.133. The zero-order valence-electron chi connectivity index (χ0n) is 8.99. The van der Waals surface area contributed by atoms with Crippen LogP contribution in [0.15, 0.2) is 0 Å². The molecule has 1 heterocycles. The fraction of sp³-hybridized carbons (Fsp3) is 0.700. The highest BCUT2D eigenvalue weighted by Gasteiger charge is 2.32. The molecule has 5 heteroatoms. The quantitative estimate of drug-likeness (QED) is 0.659. The maximum Gasteiger partial charge on any atom is 0.246 e. The van der Waals surface area contributed by atoms with E-state index in [1.54, 1.807) is 13.8 Å². The molecule has 0 spiro atoms. The Morgan fingerprint density at radius 1 is 1.73 bits per heavy atom. The molecule has 1 atom stereocenters. The van der Waals surface area contributed by atoms with Crippen LogP contribution in [0.25, 0.3) is 0 Å². The second-order valence-electron chi connectivity index (χ2n) is 3.92. The van der Waals surface area contributed by atoms with Crippen LogP contribution in [-0.2, 0) is 9.59 Å². The first-order valence-electron chi connectivity index (χ1n) is 5.02. The number of rotatable bonds is 3. The van der Waals surface area contributed by atoms with E-state index in [0.717, 1.165) is 0 Å². The average molecular weight is 209 g/mol. The van der Waals surface area contributed by atoms with Crippen LogP contribution >= 0.6 is 0 Å². The summed E-state index contributed by atoms with van der Waals surface area (Å²) in [5, 5.41) is 11.1. The second kappa shape index (κ2) is 4.78. The number of hydrogen-bond donors (Lipinski definition) is 1. The highest BCUT2D eigenvalue weighted by Crippen LogP contribution is 2.10. The van der Waals surface area contributed by atoms with Crippen LogP contribution in [0.3, 0.4) is 0 Å². The molecule has 0 aromatic rings. The van der Waals surface area contributed by atoms with Gasteiger partial charge in [0.15, 0.2) is 0 Å². The van der Waals surface area contributed by atoms with E-state index in [9.17, 15) is 9.59 Å². The van der Waals surface area contributed by atoms with Gasteiger partial charge in [0.05, 0.1) is 6.07 Å². The average Bonchev–Trinajstić information content (AvgIpc) is 2.50. The Morgan fingerprint density at radius 2 is 2.40 bits per heavy atom. The first kappa shape index (κ1) is 11.5. The van der Waals surface area contributed by atoms with Crippen molar-refractivity contribution in [1.82, 2.24) is 10.2 Å². The summed E-state index contributed by atoms with van der Waals surface area (Å²) >= 11 is 0. The second-order valence-corrected chi connectivity index (χ2v) is 3.92. The molecule has 1 aliphatic rings. The van der Waals surface area contributed by atoms with E-state index in [0.29, 0.717) is 13.0 Å². The van der Waals surface area contributed by atoms with E-state index >= 15 is 0 Å². The van der Waals surface area contributed by atoms with Gasteiger partial charge in [-0.3, -0.25) is 9.59 Å². The number of carbonyl (C=O) groups excluding carboxylic acids is 2. The summed E-state index contributed by atoms with van der Waals surface area (Å²) in [7, 11) is 0. The van der Waals surface area contributed by atoms with Crippen molar-refractivity contribution >= 4 is 11.8 Å². The monoisotopic (exact) mass is 209 g/mol. The summed E-state index contributed by atoms with van der Waals surface area (Å²) < 4.78 is 0. The van der Waals surface area contributed by atoms with E-state index in [4.69, 9.17) is 5.26 Å². The summed E-state index contributed by atoms with van der Waals surface area (Å²) in [5.41, 5.74) is 0. The third-order valence-corrected chi connectivity index (χ3v) is 2.40. The summed E-state index contributed by atoms with van der Waals surface area (Å²) in [4.78, 5) is 24.4. The Morgan fingerprint density at radius 3 is 2.93 bits per heavy atom. The van der Waals surface area contributed by atoms with Crippen LogP contribution < -0.4 is 5.32 Å². The van der Waals surface area contributed by atoms with Crippen LogP contribution in [0.5, 0.6) is 0 Å². The first-order chi connectivity index (χ1) is 7.06. The zero-order chi connectivity index (χ0) is 11.4. The summed E-state index contributed by atoms with van der Waals surface area (Å²) in [5.74, 6) is -0.388. The number of hydrogen-bond acceptors (Lipinski definition) is 3. The maximum atomic E-state index is 11.6. The van der Waals surface area contributed by atoms with Gasteiger partial charge in [0.25, 0.3) is 0 Å². The Balaban J connectivity index is 2.50. The normalized spacial score (nSPS) is 20.5. The minimum atomic E-state index is -0.437. The van der Waals surface area contributed by atoms with Gasteiger partial charge in [-0.1, -0.05) is 13.8 Å². The number of nitriles is 1. The number of amides is 2. The van der Waals surface area contributed by atoms with Gasteiger partial charge < -0.3 is 10.2 Å². The van der Waals surface area contributed by atoms with E-state index in [1.807, 2.05) is 6.07 Å². The van der Waals surface area contributed by atoms with E-state index in [2.05, 4.69) is 5.32 Å². The smallest absolute Gasteiger partial charge is 0.246 e. The van der Waals surface area contributed by atoms with Gasteiger partial charge in [0.1, 0.15) is 12.6 Å². The van der Waals surface area contributed by atoms with Gasteiger partial charge in [0, 0.05) is 12.5 Å². The lowest BCUT2D eigenvalue weighted by atomic mass is 10.2. The molecule has 1 rings (SSSR count). The third-order valence-electron chi connectivity index (χ3n) is 2.40. The fourth-order valence-electron chi connectivity index (χ4n) is 1.45. The minimum Gasteiger partial charge on any atom is -0.344 e. The van der Waals surface area contributed by atoms with Gasteiger partial charge in [0.2, 0.25) is 11.8 Å². The molecule has 82 valence electrons. The molecule has 0 aromatic heterocycles. The number of nitrogens with zero attached hydrogens (tertiary/aromatic N) is 2. The van der Waals surface area contributed by atoms with Crippen LogP contribution in [0.2, 0.25) is 0 Å². The van der Waals surface area contributed by atoms with Crippen molar-refractivity contribution in [3.63, 3.8) is 0 Å². The lowest BCUT2D eigenvalue weighted by Gasteiger charge is -2.14. The van der Waals surface area contributed by atoms with Gasteiger partial charge >= 0.3 is 0 Å². The molecule has 5 nitrogen and oxygen atoms in total. The number of carbonyl (C=O) groups is 2. The zero-order valence-corrected chi connectivity index (χ0v) is 8.99. The highest BCUT2D eigenvalue weighted by atomic mass is 16.2. The molecule has 1 fully saturated rings. The molecule has 1 N–H and O–H groups in total. The van der Waals surface area contributed by atoms with Crippen molar-refractivity contribution in [3.05, 3.63) is 0 Å². The largest absolute Gasteiger partial charge is 0.344 e. The summed E-state index contributed by atoms with van der Waals surface area (Å²) in [6.07, 6.45) is 0.596. The van der Waals surface area contributed by atoms with Crippen LogP contribution in [0.4, 0.5) is 0 Å². The predicted octanol–water partition coefficient (Wildman–Crippen LogP) is -0.117. The van der Waals surface area contributed by atoms with Crippen molar-refractivity contribution in [2.24, 2.45) is 5.92 Å². The van der Waals surface area contributed by atoms with E-state index in [-0.39, 0.29) is 24.3 Å². The predicted molar refractivity (Wildman–Crippen MR) is 53.6 cm³/mol. The Hall–Kier alpha value is -1.57.